The van der Waals surface area contributed by atoms with Crippen molar-refractivity contribution in [3.05, 3.63) is 53.9 Å². The van der Waals surface area contributed by atoms with Gasteiger partial charge in [0.2, 0.25) is 0 Å². The highest BCUT2D eigenvalue weighted by Crippen LogP contribution is 2.30. The predicted molar refractivity (Wildman–Crippen MR) is 109 cm³/mol. The Balaban J connectivity index is 1.66. The van der Waals surface area contributed by atoms with Crippen molar-refractivity contribution in [2.24, 2.45) is 5.10 Å². The fraction of sp³-hybridized carbons (Fsp3) is 0.200. The molecule has 0 atom stereocenters. The van der Waals surface area contributed by atoms with E-state index >= 15 is 0 Å². The van der Waals surface area contributed by atoms with E-state index in [9.17, 15) is 0 Å². The number of pyridine rings is 1. The van der Waals surface area contributed by atoms with Gasteiger partial charge in [-0.2, -0.15) is 5.10 Å². The number of H-pyrrole nitrogens is 1. The monoisotopic (exact) mass is 346 g/mol. The van der Waals surface area contributed by atoms with Crippen LogP contribution in [0.15, 0.2) is 47.7 Å². The number of anilines is 3. The minimum absolute atomic E-state index is 0.898. The second-order valence-electron chi connectivity index (χ2n) is 6.41. The maximum absolute atomic E-state index is 4.49. The molecule has 6 nitrogen and oxygen atoms in total. The molecule has 0 saturated heterocycles. The van der Waals surface area contributed by atoms with Gasteiger partial charge in [-0.1, -0.05) is 6.08 Å². The molecule has 6 heteroatoms. The van der Waals surface area contributed by atoms with E-state index in [1.165, 1.54) is 5.57 Å². The van der Waals surface area contributed by atoms with Gasteiger partial charge in [0.15, 0.2) is 0 Å². The minimum Gasteiger partial charge on any atom is -0.355 e. The Kier molecular flexibility index (Phi) is 4.41. The molecule has 0 fully saturated rings. The summed E-state index contributed by atoms with van der Waals surface area (Å²) in [4.78, 5) is 7.94. The van der Waals surface area contributed by atoms with Crippen molar-refractivity contribution >= 4 is 40.4 Å². The van der Waals surface area contributed by atoms with Crippen molar-refractivity contribution in [1.29, 1.82) is 0 Å². The zero-order valence-electron chi connectivity index (χ0n) is 14.8. The summed E-state index contributed by atoms with van der Waals surface area (Å²) >= 11 is 0. The molecule has 3 heterocycles. The Bertz CT molecular complexity index is 985. The number of aryl methyl sites for hydroxylation is 1. The van der Waals surface area contributed by atoms with Gasteiger partial charge in [-0.05, 0) is 61.4 Å². The standard InChI is InChI=1S/C20H22N6/c1-13-11-15(3-4-17(13)26-21-2)24-18-7-10-23-20-16(18)12-19(25-20)14-5-8-22-9-6-14/h3-5,7,10-12,22,26H,2,6,8-9H2,1H3,(H2,23,24,25). The molecular formula is C20H22N6. The van der Waals surface area contributed by atoms with Crippen molar-refractivity contribution in [1.82, 2.24) is 15.3 Å². The van der Waals surface area contributed by atoms with E-state index in [1.807, 2.05) is 31.3 Å². The molecule has 2 aromatic heterocycles. The van der Waals surface area contributed by atoms with Crippen LogP contribution < -0.4 is 16.1 Å². The van der Waals surface area contributed by atoms with Crippen LogP contribution in [0.5, 0.6) is 0 Å². The van der Waals surface area contributed by atoms with E-state index in [2.05, 4.69) is 56.1 Å². The maximum atomic E-state index is 4.49. The Morgan fingerprint density at radius 3 is 2.88 bits per heavy atom. The SMILES string of the molecule is C=NNc1ccc(Nc2ccnc3[nH]c(C4=CCNCC4)cc23)cc1C. The van der Waals surface area contributed by atoms with Gasteiger partial charge in [-0.15, -0.1) is 0 Å². The van der Waals surface area contributed by atoms with E-state index in [1.54, 1.807) is 0 Å². The van der Waals surface area contributed by atoms with Crippen LogP contribution in [-0.4, -0.2) is 29.8 Å². The van der Waals surface area contributed by atoms with Gasteiger partial charge in [0.25, 0.3) is 0 Å². The van der Waals surface area contributed by atoms with Gasteiger partial charge in [-0.25, -0.2) is 4.98 Å². The molecule has 1 aliphatic rings. The molecule has 132 valence electrons. The summed E-state index contributed by atoms with van der Waals surface area (Å²) in [6, 6.07) is 10.3. The smallest absolute Gasteiger partial charge is 0.139 e. The quantitative estimate of drug-likeness (QED) is 0.416. The molecule has 0 spiro atoms. The number of hydrogen-bond donors (Lipinski definition) is 4. The molecule has 26 heavy (non-hydrogen) atoms. The van der Waals surface area contributed by atoms with Gasteiger partial charge in [0.05, 0.1) is 11.4 Å². The number of rotatable bonds is 5. The van der Waals surface area contributed by atoms with Crippen LogP contribution in [0.3, 0.4) is 0 Å². The molecule has 0 saturated carbocycles. The highest BCUT2D eigenvalue weighted by molar-refractivity contribution is 5.94. The molecule has 0 radical (unpaired) electrons. The summed E-state index contributed by atoms with van der Waals surface area (Å²) in [5.41, 5.74) is 10.4. The van der Waals surface area contributed by atoms with E-state index in [0.29, 0.717) is 0 Å². The normalized spacial score (nSPS) is 14.1. The summed E-state index contributed by atoms with van der Waals surface area (Å²) in [5.74, 6) is 0. The molecule has 3 aromatic rings. The first-order valence-corrected chi connectivity index (χ1v) is 8.72. The zero-order valence-corrected chi connectivity index (χ0v) is 14.8. The summed E-state index contributed by atoms with van der Waals surface area (Å²) < 4.78 is 0. The first kappa shape index (κ1) is 16.4. The summed E-state index contributed by atoms with van der Waals surface area (Å²) in [7, 11) is 0. The molecule has 0 amide bonds. The third kappa shape index (κ3) is 3.19. The lowest BCUT2D eigenvalue weighted by Gasteiger charge is -2.12. The fourth-order valence-corrected chi connectivity index (χ4v) is 3.28. The molecule has 1 aliphatic heterocycles. The number of nitrogens with one attached hydrogen (secondary N) is 4. The van der Waals surface area contributed by atoms with E-state index < -0.39 is 0 Å². The van der Waals surface area contributed by atoms with Gasteiger partial charge >= 0.3 is 0 Å². The molecular weight excluding hydrogens is 324 g/mol. The van der Waals surface area contributed by atoms with E-state index in [0.717, 1.165) is 58.9 Å². The number of hydrazone groups is 1. The maximum Gasteiger partial charge on any atom is 0.139 e. The molecule has 4 rings (SSSR count). The molecule has 0 bridgehead atoms. The fourth-order valence-electron chi connectivity index (χ4n) is 3.28. The average Bonchev–Trinajstić information content (AvgIpc) is 3.10. The van der Waals surface area contributed by atoms with Gasteiger partial charge in [0.1, 0.15) is 5.65 Å². The molecule has 0 unspecified atom stereocenters. The van der Waals surface area contributed by atoms with Crippen LogP contribution in [0.1, 0.15) is 17.7 Å². The van der Waals surface area contributed by atoms with Crippen LogP contribution in [0.25, 0.3) is 16.6 Å². The van der Waals surface area contributed by atoms with Crippen LogP contribution in [-0.2, 0) is 0 Å². The Hall–Kier alpha value is -3.12. The Morgan fingerprint density at radius 2 is 2.12 bits per heavy atom. The van der Waals surface area contributed by atoms with Crippen molar-refractivity contribution in [3.8, 4) is 0 Å². The molecule has 0 aliphatic carbocycles. The number of nitrogens with zero attached hydrogens (tertiary/aromatic N) is 2. The summed E-state index contributed by atoms with van der Waals surface area (Å²) in [6.45, 7) is 7.44. The van der Waals surface area contributed by atoms with Crippen LogP contribution in [0, 0.1) is 6.92 Å². The first-order valence-electron chi connectivity index (χ1n) is 8.72. The van der Waals surface area contributed by atoms with Crippen molar-refractivity contribution < 1.29 is 0 Å². The van der Waals surface area contributed by atoms with E-state index in [-0.39, 0.29) is 0 Å². The molecule has 4 N–H and O–H groups in total. The van der Waals surface area contributed by atoms with Crippen molar-refractivity contribution in [3.63, 3.8) is 0 Å². The van der Waals surface area contributed by atoms with Gasteiger partial charge < -0.3 is 15.6 Å². The third-order valence-corrected chi connectivity index (χ3v) is 4.65. The molecule has 1 aromatic carbocycles. The lowest BCUT2D eigenvalue weighted by Crippen LogP contribution is -2.20. The summed E-state index contributed by atoms with van der Waals surface area (Å²) in [6.07, 6.45) is 5.09. The zero-order chi connectivity index (χ0) is 17.9. The summed E-state index contributed by atoms with van der Waals surface area (Å²) in [5, 5.41) is 11.7. The number of aromatic amines is 1. The number of benzene rings is 1. The third-order valence-electron chi connectivity index (χ3n) is 4.65. The highest BCUT2D eigenvalue weighted by atomic mass is 15.3. The van der Waals surface area contributed by atoms with Crippen LogP contribution in [0.2, 0.25) is 0 Å². The Labute approximate surface area is 152 Å². The minimum atomic E-state index is 0.898. The van der Waals surface area contributed by atoms with Crippen LogP contribution >= 0.6 is 0 Å². The second-order valence-corrected chi connectivity index (χ2v) is 6.41. The first-order chi connectivity index (χ1) is 12.7. The average molecular weight is 346 g/mol. The van der Waals surface area contributed by atoms with Gasteiger partial charge in [0, 0.05) is 36.2 Å². The predicted octanol–water partition coefficient (Wildman–Crippen LogP) is 4.02. The van der Waals surface area contributed by atoms with E-state index in [4.69, 9.17) is 0 Å². The topological polar surface area (TPSA) is 77.1 Å². The number of aromatic nitrogens is 2. The second kappa shape index (κ2) is 7.01. The number of hydrogen-bond acceptors (Lipinski definition) is 5. The lowest BCUT2D eigenvalue weighted by molar-refractivity contribution is 0.737. The van der Waals surface area contributed by atoms with Gasteiger partial charge in [-0.3, -0.25) is 5.43 Å². The number of fused-ring (bicyclic) bond motifs is 1. The lowest BCUT2D eigenvalue weighted by atomic mass is 10.1. The Morgan fingerprint density at radius 1 is 1.19 bits per heavy atom. The van der Waals surface area contributed by atoms with Crippen molar-refractivity contribution in [2.75, 3.05) is 23.8 Å². The van der Waals surface area contributed by atoms with Crippen molar-refractivity contribution in [2.45, 2.75) is 13.3 Å². The van der Waals surface area contributed by atoms with Crippen LogP contribution in [0.4, 0.5) is 17.1 Å². The largest absolute Gasteiger partial charge is 0.355 e. The highest BCUT2D eigenvalue weighted by Gasteiger charge is 2.12.